The Balaban J connectivity index is 2.10. The molecule has 0 saturated carbocycles. The molecular formula is C13H15NO2. The van der Waals surface area contributed by atoms with Crippen LogP contribution in [0.3, 0.4) is 0 Å². The molecule has 0 fully saturated rings. The molecule has 0 heterocycles. The first-order chi connectivity index (χ1) is 7.66. The van der Waals surface area contributed by atoms with Crippen LogP contribution in [0.1, 0.15) is 28.8 Å². The van der Waals surface area contributed by atoms with Crippen LogP contribution in [0.5, 0.6) is 5.75 Å². The van der Waals surface area contributed by atoms with Crippen molar-refractivity contribution in [3.8, 4) is 5.75 Å². The Labute approximate surface area is 94.8 Å². The standard InChI is InChI=1S/C13H15NO2/c1-9-6-7-12(15)11(8-9)13(16)14-10-4-2-3-5-10/h2-3,6-8,10,15H,4-5H2,1H3,(H,14,16). The van der Waals surface area contributed by atoms with Gasteiger partial charge in [-0.05, 0) is 31.9 Å². The van der Waals surface area contributed by atoms with Crippen LogP contribution in [-0.4, -0.2) is 17.1 Å². The number of benzene rings is 1. The molecule has 0 bridgehead atoms. The third kappa shape index (κ3) is 2.24. The molecule has 1 aromatic carbocycles. The number of rotatable bonds is 2. The molecule has 1 amide bonds. The molecule has 0 spiro atoms. The van der Waals surface area contributed by atoms with Crippen LogP contribution in [0, 0.1) is 6.92 Å². The van der Waals surface area contributed by atoms with E-state index in [0.717, 1.165) is 18.4 Å². The number of phenols is 1. The number of hydrogen-bond acceptors (Lipinski definition) is 2. The summed E-state index contributed by atoms with van der Waals surface area (Å²) in [6, 6.07) is 5.21. The highest BCUT2D eigenvalue weighted by Crippen LogP contribution is 2.19. The number of aryl methyl sites for hydroxylation is 1. The quantitative estimate of drug-likeness (QED) is 0.746. The average molecular weight is 217 g/mol. The van der Waals surface area contributed by atoms with Crippen LogP contribution >= 0.6 is 0 Å². The predicted octanol–water partition coefficient (Wildman–Crippen LogP) is 2.15. The van der Waals surface area contributed by atoms with Crippen molar-refractivity contribution in [1.82, 2.24) is 5.32 Å². The Kier molecular flexibility index (Phi) is 2.95. The van der Waals surface area contributed by atoms with E-state index in [2.05, 4.69) is 17.5 Å². The summed E-state index contributed by atoms with van der Waals surface area (Å²) in [5.74, 6) is -0.163. The van der Waals surface area contributed by atoms with Crippen molar-refractivity contribution >= 4 is 5.91 Å². The summed E-state index contributed by atoms with van der Waals surface area (Å²) >= 11 is 0. The molecule has 0 unspecified atom stereocenters. The lowest BCUT2D eigenvalue weighted by Crippen LogP contribution is -2.32. The highest BCUT2D eigenvalue weighted by Gasteiger charge is 2.16. The predicted molar refractivity (Wildman–Crippen MR) is 62.5 cm³/mol. The summed E-state index contributed by atoms with van der Waals surface area (Å²) in [6.07, 6.45) is 5.86. The van der Waals surface area contributed by atoms with Gasteiger partial charge < -0.3 is 10.4 Å². The maximum atomic E-state index is 11.9. The SMILES string of the molecule is Cc1ccc(O)c(C(=O)NC2CC=CC2)c1. The van der Waals surface area contributed by atoms with Crippen LogP contribution in [0.15, 0.2) is 30.4 Å². The van der Waals surface area contributed by atoms with E-state index < -0.39 is 0 Å². The van der Waals surface area contributed by atoms with E-state index in [-0.39, 0.29) is 17.7 Å². The van der Waals surface area contributed by atoms with Crippen molar-refractivity contribution in [1.29, 1.82) is 0 Å². The zero-order valence-electron chi connectivity index (χ0n) is 9.23. The summed E-state index contributed by atoms with van der Waals surface area (Å²) in [7, 11) is 0. The lowest BCUT2D eigenvalue weighted by atomic mass is 10.1. The normalized spacial score (nSPS) is 15.3. The third-order valence-corrected chi connectivity index (χ3v) is 2.74. The van der Waals surface area contributed by atoms with Gasteiger partial charge in [0.15, 0.2) is 0 Å². The molecule has 0 aliphatic heterocycles. The van der Waals surface area contributed by atoms with Gasteiger partial charge in [-0.1, -0.05) is 23.8 Å². The van der Waals surface area contributed by atoms with E-state index in [1.165, 1.54) is 0 Å². The molecule has 2 rings (SSSR count). The van der Waals surface area contributed by atoms with E-state index >= 15 is 0 Å². The minimum atomic E-state index is -0.199. The van der Waals surface area contributed by atoms with E-state index in [1.54, 1.807) is 18.2 Å². The zero-order valence-corrected chi connectivity index (χ0v) is 9.23. The zero-order chi connectivity index (χ0) is 11.5. The van der Waals surface area contributed by atoms with Crippen LogP contribution < -0.4 is 5.32 Å². The molecule has 2 N–H and O–H groups in total. The number of hydrogen-bond donors (Lipinski definition) is 2. The highest BCUT2D eigenvalue weighted by molar-refractivity contribution is 5.97. The first-order valence-electron chi connectivity index (χ1n) is 5.42. The smallest absolute Gasteiger partial charge is 0.255 e. The van der Waals surface area contributed by atoms with Crippen molar-refractivity contribution in [2.24, 2.45) is 0 Å². The summed E-state index contributed by atoms with van der Waals surface area (Å²) in [6.45, 7) is 1.90. The lowest BCUT2D eigenvalue weighted by Gasteiger charge is -2.13. The number of carbonyl (C=O) groups is 1. The van der Waals surface area contributed by atoms with Crippen LogP contribution in [0.4, 0.5) is 0 Å². The number of amides is 1. The fourth-order valence-electron chi connectivity index (χ4n) is 1.83. The maximum absolute atomic E-state index is 11.9. The second-order valence-electron chi connectivity index (χ2n) is 4.13. The van der Waals surface area contributed by atoms with Crippen molar-refractivity contribution in [3.05, 3.63) is 41.5 Å². The van der Waals surface area contributed by atoms with E-state index in [1.807, 2.05) is 6.92 Å². The largest absolute Gasteiger partial charge is 0.507 e. The minimum absolute atomic E-state index is 0.0362. The van der Waals surface area contributed by atoms with E-state index in [4.69, 9.17) is 0 Å². The van der Waals surface area contributed by atoms with Gasteiger partial charge in [0, 0.05) is 6.04 Å². The van der Waals surface area contributed by atoms with Crippen LogP contribution in [0.2, 0.25) is 0 Å². The molecule has 16 heavy (non-hydrogen) atoms. The molecule has 1 aliphatic carbocycles. The first kappa shape index (κ1) is 10.7. The Morgan fingerprint density at radius 2 is 2.06 bits per heavy atom. The van der Waals surface area contributed by atoms with Gasteiger partial charge in [0.2, 0.25) is 0 Å². The van der Waals surface area contributed by atoms with Gasteiger partial charge in [0.05, 0.1) is 5.56 Å². The van der Waals surface area contributed by atoms with Crippen LogP contribution in [-0.2, 0) is 0 Å². The third-order valence-electron chi connectivity index (χ3n) is 2.74. The summed E-state index contributed by atoms with van der Waals surface area (Å²) in [4.78, 5) is 11.9. The first-order valence-corrected chi connectivity index (χ1v) is 5.42. The number of carbonyl (C=O) groups excluding carboxylic acids is 1. The van der Waals surface area contributed by atoms with E-state index in [9.17, 15) is 9.90 Å². The Hall–Kier alpha value is -1.77. The second-order valence-corrected chi connectivity index (χ2v) is 4.13. The molecule has 0 saturated heterocycles. The van der Waals surface area contributed by atoms with Gasteiger partial charge in [-0.15, -0.1) is 0 Å². The molecule has 84 valence electrons. The van der Waals surface area contributed by atoms with Gasteiger partial charge in [0.1, 0.15) is 5.75 Å². The maximum Gasteiger partial charge on any atom is 0.255 e. The fourth-order valence-corrected chi connectivity index (χ4v) is 1.83. The second kappa shape index (κ2) is 4.39. The molecule has 3 heteroatoms. The van der Waals surface area contributed by atoms with Crippen molar-refractivity contribution in [2.45, 2.75) is 25.8 Å². The van der Waals surface area contributed by atoms with Gasteiger partial charge in [-0.3, -0.25) is 4.79 Å². The Morgan fingerprint density at radius 3 is 2.75 bits per heavy atom. The molecule has 1 aliphatic rings. The molecule has 0 radical (unpaired) electrons. The van der Waals surface area contributed by atoms with Crippen molar-refractivity contribution in [3.63, 3.8) is 0 Å². The van der Waals surface area contributed by atoms with Crippen molar-refractivity contribution < 1.29 is 9.90 Å². The lowest BCUT2D eigenvalue weighted by molar-refractivity contribution is 0.0936. The van der Waals surface area contributed by atoms with Gasteiger partial charge >= 0.3 is 0 Å². The molecule has 0 aromatic heterocycles. The van der Waals surface area contributed by atoms with Gasteiger partial charge in [-0.25, -0.2) is 0 Å². The molecule has 1 aromatic rings. The van der Waals surface area contributed by atoms with Crippen LogP contribution in [0.25, 0.3) is 0 Å². The molecule has 0 atom stereocenters. The Bertz CT molecular complexity index is 430. The fraction of sp³-hybridized carbons (Fsp3) is 0.308. The van der Waals surface area contributed by atoms with Gasteiger partial charge in [0.25, 0.3) is 5.91 Å². The highest BCUT2D eigenvalue weighted by atomic mass is 16.3. The number of phenolic OH excluding ortho intramolecular Hbond substituents is 1. The Morgan fingerprint density at radius 1 is 1.38 bits per heavy atom. The van der Waals surface area contributed by atoms with Gasteiger partial charge in [-0.2, -0.15) is 0 Å². The molecule has 3 nitrogen and oxygen atoms in total. The van der Waals surface area contributed by atoms with E-state index in [0.29, 0.717) is 5.56 Å². The molecular weight excluding hydrogens is 202 g/mol. The topological polar surface area (TPSA) is 49.3 Å². The number of aromatic hydroxyl groups is 1. The number of nitrogens with one attached hydrogen (secondary N) is 1. The van der Waals surface area contributed by atoms with Crippen molar-refractivity contribution in [2.75, 3.05) is 0 Å². The minimum Gasteiger partial charge on any atom is -0.507 e. The summed E-state index contributed by atoms with van der Waals surface area (Å²) in [5.41, 5.74) is 1.32. The monoisotopic (exact) mass is 217 g/mol. The summed E-state index contributed by atoms with van der Waals surface area (Å²) in [5, 5.41) is 12.5. The summed E-state index contributed by atoms with van der Waals surface area (Å²) < 4.78 is 0. The average Bonchev–Trinajstić information content (AvgIpc) is 2.74.